The normalized spacial score (nSPS) is 10.6. The van der Waals surface area contributed by atoms with Crippen molar-refractivity contribution in [1.82, 2.24) is 9.88 Å². The van der Waals surface area contributed by atoms with Crippen LogP contribution in [0.25, 0.3) is 0 Å². The van der Waals surface area contributed by atoms with Crippen LogP contribution >= 0.6 is 22.9 Å². The Morgan fingerprint density at radius 3 is 2.65 bits per heavy atom. The van der Waals surface area contributed by atoms with E-state index in [4.69, 9.17) is 16.3 Å². The number of methoxy groups -OCH3 is 1. The number of halogens is 1. The third-order valence-electron chi connectivity index (χ3n) is 2.30. The Kier molecular flexibility index (Phi) is 5.88. The smallest absolute Gasteiger partial charge is 0.265 e. The zero-order chi connectivity index (χ0) is 12.8. The summed E-state index contributed by atoms with van der Waals surface area (Å²) in [5, 5.41) is 0.906. The van der Waals surface area contributed by atoms with E-state index < -0.39 is 0 Å². The lowest BCUT2D eigenvalue weighted by molar-refractivity contribution is 0.0711. The van der Waals surface area contributed by atoms with Crippen LogP contribution in [0.5, 0.6) is 0 Å². The minimum absolute atomic E-state index is 0.00852. The lowest BCUT2D eigenvalue weighted by Gasteiger charge is -2.20. The monoisotopic (exact) mass is 276 g/mol. The summed E-state index contributed by atoms with van der Waals surface area (Å²) in [6.07, 6.45) is 0. The predicted octanol–water partition coefficient (Wildman–Crippen LogP) is 2.09. The molecule has 96 valence electrons. The quantitative estimate of drug-likeness (QED) is 0.747. The second-order valence-electron chi connectivity index (χ2n) is 3.62. The Labute approximate surface area is 111 Å². The molecule has 0 aliphatic rings. The Hall–Kier alpha value is -0.650. The molecule has 0 bridgehead atoms. The average Bonchev–Trinajstić information content (AvgIpc) is 2.63. The molecule has 1 heterocycles. The third kappa shape index (κ3) is 3.94. The molecule has 0 saturated carbocycles. The molecule has 0 radical (unpaired) electrons. The van der Waals surface area contributed by atoms with Gasteiger partial charge in [0.1, 0.15) is 4.88 Å². The van der Waals surface area contributed by atoms with Crippen LogP contribution in [-0.2, 0) is 4.74 Å². The van der Waals surface area contributed by atoms with E-state index in [-0.39, 0.29) is 5.91 Å². The van der Waals surface area contributed by atoms with Gasteiger partial charge in [-0.25, -0.2) is 4.98 Å². The van der Waals surface area contributed by atoms with Crippen LogP contribution in [0.3, 0.4) is 0 Å². The number of hydrogen-bond donors (Lipinski definition) is 0. The summed E-state index contributed by atoms with van der Waals surface area (Å²) in [5.74, 6) is 0.414. The van der Waals surface area contributed by atoms with Crippen molar-refractivity contribution in [3.63, 3.8) is 0 Å². The molecule has 0 atom stereocenters. The molecule has 0 N–H and O–H groups in total. The number of amides is 1. The summed E-state index contributed by atoms with van der Waals surface area (Å²) < 4.78 is 4.99. The maximum Gasteiger partial charge on any atom is 0.265 e. The summed E-state index contributed by atoms with van der Waals surface area (Å²) in [7, 11) is 1.62. The van der Waals surface area contributed by atoms with Crippen molar-refractivity contribution in [3.05, 3.63) is 15.6 Å². The van der Waals surface area contributed by atoms with Gasteiger partial charge in [0, 0.05) is 26.1 Å². The Morgan fingerprint density at radius 2 is 2.18 bits per heavy atom. The topological polar surface area (TPSA) is 42.4 Å². The highest BCUT2D eigenvalue weighted by Gasteiger charge is 2.20. The van der Waals surface area contributed by atoms with Crippen LogP contribution in [0.2, 0.25) is 0 Å². The van der Waals surface area contributed by atoms with E-state index in [2.05, 4.69) is 4.98 Å². The Morgan fingerprint density at radius 1 is 1.47 bits per heavy atom. The fourth-order valence-electron chi connectivity index (χ4n) is 1.49. The van der Waals surface area contributed by atoms with E-state index in [1.165, 1.54) is 11.3 Å². The minimum Gasteiger partial charge on any atom is -0.383 e. The predicted molar refractivity (Wildman–Crippen MR) is 70.1 cm³/mol. The molecule has 0 fully saturated rings. The third-order valence-corrected chi connectivity index (χ3v) is 3.53. The second kappa shape index (κ2) is 6.93. The van der Waals surface area contributed by atoms with Gasteiger partial charge >= 0.3 is 0 Å². The molecule has 1 aromatic rings. The fourth-order valence-corrected chi connectivity index (χ4v) is 2.58. The maximum absolute atomic E-state index is 12.3. The molecule has 0 saturated heterocycles. The molecule has 0 spiro atoms. The van der Waals surface area contributed by atoms with E-state index >= 15 is 0 Å². The molecule has 0 aliphatic carbocycles. The standard InChI is InChI=1S/C11H17ClN2O2S/c1-8-10(17-9(2)13-8)11(15)14(5-4-12)6-7-16-3/h4-7H2,1-3H3. The van der Waals surface area contributed by atoms with Gasteiger partial charge < -0.3 is 9.64 Å². The molecule has 1 rings (SSSR count). The summed E-state index contributed by atoms with van der Waals surface area (Å²) in [4.78, 5) is 18.9. The number of aryl methyl sites for hydroxylation is 2. The number of carbonyl (C=O) groups excluding carboxylic acids is 1. The fraction of sp³-hybridized carbons (Fsp3) is 0.636. The number of rotatable bonds is 6. The lowest BCUT2D eigenvalue weighted by atomic mass is 10.3. The van der Waals surface area contributed by atoms with Crippen molar-refractivity contribution in [2.24, 2.45) is 0 Å². The SMILES string of the molecule is COCCN(CCCl)C(=O)c1sc(C)nc1C. The maximum atomic E-state index is 12.3. The first-order chi connectivity index (χ1) is 8.10. The minimum atomic E-state index is -0.00852. The number of ether oxygens (including phenoxy) is 1. The molecule has 6 heteroatoms. The highest BCUT2D eigenvalue weighted by Crippen LogP contribution is 2.19. The van der Waals surface area contributed by atoms with E-state index in [9.17, 15) is 4.79 Å². The summed E-state index contributed by atoms with van der Waals surface area (Å²) in [6, 6.07) is 0. The molecular formula is C11H17ClN2O2S. The van der Waals surface area contributed by atoms with Gasteiger partial charge in [0.15, 0.2) is 0 Å². The molecule has 0 aliphatic heterocycles. The van der Waals surface area contributed by atoms with Crippen molar-refractivity contribution in [3.8, 4) is 0 Å². The van der Waals surface area contributed by atoms with E-state index in [1.807, 2.05) is 13.8 Å². The Balaban J connectivity index is 2.79. The molecular weight excluding hydrogens is 260 g/mol. The second-order valence-corrected chi connectivity index (χ2v) is 5.20. The summed E-state index contributed by atoms with van der Waals surface area (Å²) in [6.45, 7) is 5.35. The lowest BCUT2D eigenvalue weighted by Crippen LogP contribution is -2.35. The van der Waals surface area contributed by atoms with Crippen LogP contribution < -0.4 is 0 Å². The van der Waals surface area contributed by atoms with Crippen molar-refractivity contribution in [1.29, 1.82) is 0 Å². The van der Waals surface area contributed by atoms with E-state index in [0.29, 0.717) is 30.5 Å². The van der Waals surface area contributed by atoms with Crippen molar-refractivity contribution in [2.75, 3.05) is 32.7 Å². The van der Waals surface area contributed by atoms with Crippen LogP contribution in [-0.4, -0.2) is 48.5 Å². The van der Waals surface area contributed by atoms with Crippen molar-refractivity contribution >= 4 is 28.8 Å². The zero-order valence-electron chi connectivity index (χ0n) is 10.3. The van der Waals surface area contributed by atoms with Gasteiger partial charge in [-0.3, -0.25) is 4.79 Å². The molecule has 0 unspecified atom stereocenters. The zero-order valence-corrected chi connectivity index (χ0v) is 11.9. The molecule has 1 aromatic heterocycles. The number of nitrogens with zero attached hydrogens (tertiary/aromatic N) is 2. The van der Waals surface area contributed by atoms with E-state index in [0.717, 1.165) is 10.7 Å². The first kappa shape index (κ1) is 14.4. The van der Waals surface area contributed by atoms with Crippen LogP contribution in [0.15, 0.2) is 0 Å². The van der Waals surface area contributed by atoms with Crippen molar-refractivity contribution in [2.45, 2.75) is 13.8 Å². The van der Waals surface area contributed by atoms with Gasteiger partial charge in [-0.2, -0.15) is 0 Å². The Bertz CT molecular complexity index is 382. The number of alkyl halides is 1. The van der Waals surface area contributed by atoms with Gasteiger partial charge in [0.05, 0.1) is 17.3 Å². The number of hydrogen-bond acceptors (Lipinski definition) is 4. The van der Waals surface area contributed by atoms with Gasteiger partial charge in [0.25, 0.3) is 5.91 Å². The largest absolute Gasteiger partial charge is 0.383 e. The molecule has 4 nitrogen and oxygen atoms in total. The summed E-state index contributed by atoms with van der Waals surface area (Å²) in [5.41, 5.74) is 0.787. The van der Waals surface area contributed by atoms with Crippen LogP contribution in [0, 0.1) is 13.8 Å². The van der Waals surface area contributed by atoms with Gasteiger partial charge in [0.2, 0.25) is 0 Å². The molecule has 1 amide bonds. The van der Waals surface area contributed by atoms with Gasteiger partial charge in [-0.1, -0.05) is 0 Å². The number of aromatic nitrogens is 1. The number of carbonyl (C=O) groups is 1. The first-order valence-corrected chi connectivity index (χ1v) is 6.73. The van der Waals surface area contributed by atoms with Gasteiger partial charge in [-0.15, -0.1) is 22.9 Å². The van der Waals surface area contributed by atoms with Crippen LogP contribution in [0.4, 0.5) is 0 Å². The highest BCUT2D eigenvalue weighted by atomic mass is 35.5. The van der Waals surface area contributed by atoms with Gasteiger partial charge in [-0.05, 0) is 13.8 Å². The summed E-state index contributed by atoms with van der Waals surface area (Å²) >= 11 is 7.13. The van der Waals surface area contributed by atoms with E-state index in [1.54, 1.807) is 12.0 Å². The van der Waals surface area contributed by atoms with Crippen molar-refractivity contribution < 1.29 is 9.53 Å². The highest BCUT2D eigenvalue weighted by molar-refractivity contribution is 7.13. The van der Waals surface area contributed by atoms with Crippen LogP contribution in [0.1, 0.15) is 20.4 Å². The first-order valence-electron chi connectivity index (χ1n) is 5.38. The molecule has 17 heavy (non-hydrogen) atoms. The molecule has 0 aromatic carbocycles. The number of thiazole rings is 1. The average molecular weight is 277 g/mol.